The molecule has 2 N–H and O–H groups in total. The summed E-state index contributed by atoms with van der Waals surface area (Å²) in [6.07, 6.45) is 9.58. The fourth-order valence-corrected chi connectivity index (χ4v) is 3.87. The molecule has 0 atom stereocenters. The van der Waals surface area contributed by atoms with Crippen molar-refractivity contribution in [1.29, 1.82) is 0 Å². The van der Waals surface area contributed by atoms with Gasteiger partial charge in [0, 0.05) is 11.8 Å². The zero-order chi connectivity index (χ0) is 15.1. The lowest BCUT2D eigenvalue weighted by molar-refractivity contribution is 0.332. The van der Waals surface area contributed by atoms with E-state index in [0.717, 1.165) is 21.4 Å². The monoisotopic (exact) mass is 360 g/mol. The Kier molecular flexibility index (Phi) is 3.37. The van der Waals surface area contributed by atoms with E-state index in [2.05, 4.69) is 35.8 Å². The molecule has 0 aliphatic heterocycles. The van der Waals surface area contributed by atoms with Crippen LogP contribution < -0.4 is 5.73 Å². The minimum Gasteiger partial charge on any atom is -0.382 e. The predicted molar refractivity (Wildman–Crippen MR) is 88.4 cm³/mol. The quantitative estimate of drug-likeness (QED) is 0.759. The summed E-state index contributed by atoms with van der Waals surface area (Å²) in [5.74, 6) is 0.479. The number of hydrogen-bond acceptors (Lipinski definition) is 4. The summed E-state index contributed by atoms with van der Waals surface area (Å²) in [4.78, 5) is 4.13. The minimum absolute atomic E-state index is 0.471. The second-order valence-corrected chi connectivity index (χ2v) is 6.55. The summed E-state index contributed by atoms with van der Waals surface area (Å²) >= 11 is 3.55. The SMILES string of the molecule is Nc1ncnn2c(Br)cc(-c3ccnn3C3CCCCC3)c12. The second-order valence-electron chi connectivity index (χ2n) is 5.74. The third kappa shape index (κ3) is 2.11. The summed E-state index contributed by atoms with van der Waals surface area (Å²) in [5, 5.41) is 8.84. The van der Waals surface area contributed by atoms with E-state index in [-0.39, 0.29) is 0 Å². The summed E-state index contributed by atoms with van der Waals surface area (Å²) in [6.45, 7) is 0. The van der Waals surface area contributed by atoms with Crippen molar-refractivity contribution in [2.75, 3.05) is 5.73 Å². The molecule has 0 saturated heterocycles. The number of nitrogens with zero attached hydrogens (tertiary/aromatic N) is 5. The van der Waals surface area contributed by atoms with Crippen LogP contribution >= 0.6 is 15.9 Å². The van der Waals surface area contributed by atoms with Gasteiger partial charge >= 0.3 is 0 Å². The van der Waals surface area contributed by atoms with Crippen LogP contribution in [0.3, 0.4) is 0 Å². The number of fused-ring (bicyclic) bond motifs is 1. The average Bonchev–Trinajstić information content (AvgIpc) is 3.14. The molecule has 3 aromatic heterocycles. The summed E-state index contributed by atoms with van der Waals surface area (Å²) < 4.78 is 4.78. The van der Waals surface area contributed by atoms with Gasteiger partial charge in [0.25, 0.3) is 0 Å². The lowest BCUT2D eigenvalue weighted by atomic mass is 9.95. The molecule has 3 heterocycles. The standard InChI is InChI=1S/C15H17BrN6/c16-13-8-11(14-15(17)18-9-20-22(13)14)12-6-7-19-21(12)10-4-2-1-3-5-10/h6-10H,1-5H2,(H2,17,18,20). The molecule has 1 fully saturated rings. The number of nitrogens with two attached hydrogens (primary N) is 1. The van der Waals surface area contributed by atoms with Gasteiger partial charge in [-0.3, -0.25) is 4.68 Å². The third-order valence-corrected chi connectivity index (χ3v) is 4.97. The number of hydrogen-bond donors (Lipinski definition) is 1. The highest BCUT2D eigenvalue weighted by Gasteiger charge is 2.22. The Bertz CT molecular complexity index is 815. The first-order valence-electron chi connectivity index (χ1n) is 7.57. The van der Waals surface area contributed by atoms with Crippen LogP contribution in [-0.4, -0.2) is 24.4 Å². The first-order valence-corrected chi connectivity index (χ1v) is 8.36. The molecule has 1 aliphatic rings. The van der Waals surface area contributed by atoms with Gasteiger partial charge in [0.15, 0.2) is 5.82 Å². The molecule has 1 saturated carbocycles. The Morgan fingerprint density at radius 3 is 2.82 bits per heavy atom. The van der Waals surface area contributed by atoms with E-state index >= 15 is 0 Å². The molecule has 1 aliphatic carbocycles. The number of nitrogen functional groups attached to an aromatic ring is 1. The molecule has 0 unspecified atom stereocenters. The van der Waals surface area contributed by atoms with Crippen LogP contribution in [0.1, 0.15) is 38.1 Å². The molecule has 22 heavy (non-hydrogen) atoms. The van der Waals surface area contributed by atoms with Gasteiger partial charge in [-0.05, 0) is 40.9 Å². The maximum atomic E-state index is 6.08. The molecule has 7 heteroatoms. The van der Waals surface area contributed by atoms with E-state index in [9.17, 15) is 0 Å². The first-order chi connectivity index (χ1) is 10.8. The van der Waals surface area contributed by atoms with Crippen molar-refractivity contribution in [1.82, 2.24) is 24.4 Å². The molecule has 0 amide bonds. The smallest absolute Gasteiger partial charge is 0.152 e. The summed E-state index contributed by atoms with van der Waals surface area (Å²) in [7, 11) is 0. The third-order valence-electron chi connectivity index (χ3n) is 4.41. The zero-order valence-corrected chi connectivity index (χ0v) is 13.7. The van der Waals surface area contributed by atoms with Crippen molar-refractivity contribution >= 4 is 27.3 Å². The zero-order valence-electron chi connectivity index (χ0n) is 12.1. The van der Waals surface area contributed by atoms with Gasteiger partial charge in [-0.2, -0.15) is 10.2 Å². The summed E-state index contributed by atoms with van der Waals surface area (Å²) in [6, 6.07) is 4.55. The molecule has 0 spiro atoms. The molecular formula is C15H17BrN6. The number of aromatic nitrogens is 5. The lowest BCUT2D eigenvalue weighted by Gasteiger charge is -2.23. The highest BCUT2D eigenvalue weighted by atomic mass is 79.9. The van der Waals surface area contributed by atoms with Gasteiger partial charge in [0.05, 0.1) is 11.7 Å². The van der Waals surface area contributed by atoms with Gasteiger partial charge < -0.3 is 5.73 Å². The number of rotatable bonds is 2. The Balaban J connectivity index is 1.88. The average molecular weight is 361 g/mol. The molecular weight excluding hydrogens is 344 g/mol. The fraction of sp³-hybridized carbons (Fsp3) is 0.400. The molecule has 0 aromatic carbocycles. The molecule has 4 rings (SSSR count). The first kappa shape index (κ1) is 13.8. The van der Waals surface area contributed by atoms with Gasteiger partial charge in [-0.1, -0.05) is 19.3 Å². The molecule has 114 valence electrons. The molecule has 0 radical (unpaired) electrons. The molecule has 6 nitrogen and oxygen atoms in total. The van der Waals surface area contributed by atoms with Gasteiger partial charge in [-0.25, -0.2) is 9.50 Å². The van der Waals surface area contributed by atoms with Crippen LogP contribution in [0.15, 0.2) is 29.3 Å². The van der Waals surface area contributed by atoms with Crippen LogP contribution in [0, 0.1) is 0 Å². The second kappa shape index (κ2) is 5.39. The molecule has 3 aromatic rings. The largest absolute Gasteiger partial charge is 0.382 e. The highest BCUT2D eigenvalue weighted by molar-refractivity contribution is 9.10. The minimum atomic E-state index is 0.471. The van der Waals surface area contributed by atoms with Crippen LogP contribution in [0.4, 0.5) is 5.82 Å². The Morgan fingerprint density at radius 2 is 2.00 bits per heavy atom. The van der Waals surface area contributed by atoms with E-state index in [1.54, 1.807) is 4.52 Å². The van der Waals surface area contributed by atoms with E-state index in [4.69, 9.17) is 5.73 Å². The Labute approximate surface area is 136 Å². The van der Waals surface area contributed by atoms with Crippen LogP contribution in [-0.2, 0) is 0 Å². The highest BCUT2D eigenvalue weighted by Crippen LogP contribution is 2.36. The fourth-order valence-electron chi connectivity index (χ4n) is 3.37. The summed E-state index contributed by atoms with van der Waals surface area (Å²) in [5.41, 5.74) is 9.01. The van der Waals surface area contributed by atoms with Crippen molar-refractivity contribution in [3.63, 3.8) is 0 Å². The van der Waals surface area contributed by atoms with Gasteiger partial charge in [0.2, 0.25) is 0 Å². The van der Waals surface area contributed by atoms with Crippen LogP contribution in [0.25, 0.3) is 16.8 Å². The van der Waals surface area contributed by atoms with E-state index in [0.29, 0.717) is 11.9 Å². The Morgan fingerprint density at radius 1 is 1.18 bits per heavy atom. The van der Waals surface area contributed by atoms with Crippen molar-refractivity contribution < 1.29 is 0 Å². The number of anilines is 1. The van der Waals surface area contributed by atoms with E-state index in [1.165, 1.54) is 38.4 Å². The van der Waals surface area contributed by atoms with E-state index < -0.39 is 0 Å². The topological polar surface area (TPSA) is 74.0 Å². The lowest BCUT2D eigenvalue weighted by Crippen LogP contribution is -2.15. The van der Waals surface area contributed by atoms with E-state index in [1.807, 2.05) is 18.3 Å². The number of halogens is 1. The van der Waals surface area contributed by atoms with Crippen LogP contribution in [0.2, 0.25) is 0 Å². The van der Waals surface area contributed by atoms with Crippen molar-refractivity contribution in [3.8, 4) is 11.3 Å². The van der Waals surface area contributed by atoms with Crippen LogP contribution in [0.5, 0.6) is 0 Å². The Hall–Kier alpha value is -1.89. The predicted octanol–water partition coefficient (Wildman–Crippen LogP) is 3.44. The maximum absolute atomic E-state index is 6.08. The van der Waals surface area contributed by atoms with Crippen molar-refractivity contribution in [3.05, 3.63) is 29.3 Å². The van der Waals surface area contributed by atoms with Crippen molar-refractivity contribution in [2.45, 2.75) is 38.1 Å². The van der Waals surface area contributed by atoms with Gasteiger partial charge in [0.1, 0.15) is 16.4 Å². The van der Waals surface area contributed by atoms with Gasteiger partial charge in [-0.15, -0.1) is 0 Å². The maximum Gasteiger partial charge on any atom is 0.152 e. The van der Waals surface area contributed by atoms with Crippen molar-refractivity contribution in [2.24, 2.45) is 0 Å². The molecule has 0 bridgehead atoms. The normalized spacial score (nSPS) is 16.4.